The van der Waals surface area contributed by atoms with Crippen LogP contribution in [0.5, 0.6) is 17.2 Å². The fraction of sp³-hybridized carbons (Fsp3) is 0.432. The molecule has 0 aromatic heterocycles. The quantitative estimate of drug-likeness (QED) is 0.152. The Morgan fingerprint density at radius 2 is 1.77 bits per heavy atom. The zero-order valence-electron chi connectivity index (χ0n) is 27.9. The Balaban J connectivity index is 1.70. The van der Waals surface area contributed by atoms with Crippen molar-refractivity contribution in [3.8, 4) is 17.2 Å². The molecule has 3 aromatic rings. The standard InChI is InChI=1S/C37H46N2O8/c1-6-44-31-14-8-7-11-26(31)20-22-38-35(42)37(21-19-32(41)47-36(2,3)4)33(28-12-9-13-30(25-28)43-5)46-34(39-37)27-15-17-29(18-16-27)45-24-10-23-40/h7-9,11-18,25,33,40H,6,10,19-24H2,1-5H3,(H,38,42)/t33-,37-/m1/s1. The van der Waals surface area contributed by atoms with Crippen molar-refractivity contribution in [1.29, 1.82) is 0 Å². The normalized spacial score (nSPS) is 17.3. The van der Waals surface area contributed by atoms with E-state index < -0.39 is 23.2 Å². The first kappa shape index (κ1) is 35.3. The van der Waals surface area contributed by atoms with Gasteiger partial charge in [0.25, 0.3) is 5.91 Å². The molecule has 0 radical (unpaired) electrons. The Bertz CT molecular complexity index is 1520. The maximum absolute atomic E-state index is 14.4. The molecule has 0 unspecified atom stereocenters. The summed E-state index contributed by atoms with van der Waals surface area (Å²) in [5.74, 6) is 1.45. The van der Waals surface area contributed by atoms with Crippen LogP contribution in [0.2, 0.25) is 0 Å². The van der Waals surface area contributed by atoms with Gasteiger partial charge in [0.2, 0.25) is 5.90 Å². The van der Waals surface area contributed by atoms with Crippen molar-refractivity contribution in [1.82, 2.24) is 5.32 Å². The van der Waals surface area contributed by atoms with E-state index in [0.717, 1.165) is 11.3 Å². The van der Waals surface area contributed by atoms with Crippen LogP contribution in [0.1, 0.15) is 69.8 Å². The Morgan fingerprint density at radius 3 is 2.47 bits per heavy atom. The van der Waals surface area contributed by atoms with Crippen molar-refractivity contribution < 1.29 is 38.4 Å². The number of amides is 1. The van der Waals surface area contributed by atoms with Crippen LogP contribution in [-0.2, 0) is 25.5 Å². The number of aliphatic hydroxyl groups excluding tert-OH is 1. The van der Waals surface area contributed by atoms with E-state index >= 15 is 0 Å². The van der Waals surface area contributed by atoms with Gasteiger partial charge in [-0.05, 0) is 94.1 Å². The first-order valence-electron chi connectivity index (χ1n) is 16.0. The van der Waals surface area contributed by atoms with Crippen molar-refractivity contribution in [2.45, 2.75) is 70.6 Å². The Labute approximate surface area is 277 Å². The molecule has 2 N–H and O–H groups in total. The Hall–Kier alpha value is -4.57. The van der Waals surface area contributed by atoms with E-state index in [1.54, 1.807) is 40.0 Å². The summed E-state index contributed by atoms with van der Waals surface area (Å²) < 4.78 is 29.1. The Kier molecular flexibility index (Phi) is 12.2. The van der Waals surface area contributed by atoms with Crippen LogP contribution in [0.3, 0.4) is 0 Å². The first-order chi connectivity index (χ1) is 22.6. The van der Waals surface area contributed by atoms with Gasteiger partial charge in [0.1, 0.15) is 22.8 Å². The summed E-state index contributed by atoms with van der Waals surface area (Å²) in [5, 5.41) is 12.2. The molecule has 1 heterocycles. The highest BCUT2D eigenvalue weighted by Crippen LogP contribution is 2.44. The lowest BCUT2D eigenvalue weighted by Crippen LogP contribution is -2.49. The highest BCUT2D eigenvalue weighted by atomic mass is 16.6. The molecule has 0 fully saturated rings. The second-order valence-electron chi connectivity index (χ2n) is 12.2. The average molecular weight is 647 g/mol. The maximum Gasteiger partial charge on any atom is 0.306 e. The van der Waals surface area contributed by atoms with E-state index in [4.69, 9.17) is 33.8 Å². The monoisotopic (exact) mass is 646 g/mol. The molecule has 4 rings (SSSR count). The molecule has 1 aliphatic heterocycles. The molecular formula is C37H46N2O8. The summed E-state index contributed by atoms with van der Waals surface area (Å²) >= 11 is 0. The van der Waals surface area contributed by atoms with Crippen molar-refractivity contribution in [3.05, 3.63) is 89.5 Å². The van der Waals surface area contributed by atoms with E-state index in [0.29, 0.717) is 55.2 Å². The number of ether oxygens (including phenoxy) is 5. The number of nitrogens with zero attached hydrogens (tertiary/aromatic N) is 1. The minimum absolute atomic E-state index is 0.0387. The van der Waals surface area contributed by atoms with E-state index in [1.165, 1.54) is 0 Å². The fourth-order valence-electron chi connectivity index (χ4n) is 5.33. The molecule has 1 amide bonds. The van der Waals surface area contributed by atoms with E-state index in [-0.39, 0.29) is 31.3 Å². The number of aliphatic imine (C=N–C) groups is 1. The minimum Gasteiger partial charge on any atom is -0.497 e. The van der Waals surface area contributed by atoms with Crippen molar-refractivity contribution in [3.63, 3.8) is 0 Å². The van der Waals surface area contributed by atoms with Crippen LogP contribution < -0.4 is 19.5 Å². The number of nitrogens with one attached hydrogen (secondary N) is 1. The number of aliphatic hydroxyl groups is 1. The van der Waals surface area contributed by atoms with Gasteiger partial charge in [0.05, 0.1) is 20.3 Å². The number of hydrogen-bond donors (Lipinski definition) is 2. The molecule has 10 heteroatoms. The van der Waals surface area contributed by atoms with Crippen molar-refractivity contribution in [2.75, 3.05) is 33.5 Å². The molecule has 47 heavy (non-hydrogen) atoms. The average Bonchev–Trinajstić information content (AvgIpc) is 3.45. The van der Waals surface area contributed by atoms with Crippen LogP contribution >= 0.6 is 0 Å². The van der Waals surface area contributed by atoms with Gasteiger partial charge in [0, 0.05) is 31.6 Å². The summed E-state index contributed by atoms with van der Waals surface area (Å²) in [6, 6.07) is 22.2. The molecule has 0 saturated carbocycles. The fourth-order valence-corrected chi connectivity index (χ4v) is 5.33. The predicted octanol–water partition coefficient (Wildman–Crippen LogP) is 5.59. The molecule has 0 spiro atoms. The van der Waals surface area contributed by atoms with E-state index in [2.05, 4.69) is 5.32 Å². The third-order valence-corrected chi connectivity index (χ3v) is 7.51. The SMILES string of the molecule is CCOc1ccccc1CCNC(=O)[C@]1(CCC(=O)OC(C)(C)C)N=C(c2ccc(OCCCO)cc2)O[C@@H]1c1cccc(OC)c1. The molecule has 0 aliphatic carbocycles. The van der Waals surface area contributed by atoms with Gasteiger partial charge in [-0.25, -0.2) is 4.99 Å². The van der Waals surface area contributed by atoms with Gasteiger partial charge >= 0.3 is 5.97 Å². The minimum atomic E-state index is -1.51. The molecule has 2 atom stereocenters. The van der Waals surface area contributed by atoms with Crippen LogP contribution in [-0.4, -0.2) is 67.5 Å². The van der Waals surface area contributed by atoms with Gasteiger partial charge in [-0.3, -0.25) is 9.59 Å². The number of carbonyl (C=O) groups is 2. The number of esters is 1. The predicted molar refractivity (Wildman–Crippen MR) is 179 cm³/mol. The number of hydrogen-bond acceptors (Lipinski definition) is 9. The van der Waals surface area contributed by atoms with Gasteiger partial charge < -0.3 is 34.1 Å². The smallest absolute Gasteiger partial charge is 0.306 e. The number of para-hydroxylation sites is 1. The molecule has 3 aromatic carbocycles. The zero-order chi connectivity index (χ0) is 33.9. The largest absolute Gasteiger partial charge is 0.497 e. The van der Waals surface area contributed by atoms with Crippen LogP contribution in [0.15, 0.2) is 77.8 Å². The molecular weight excluding hydrogens is 600 g/mol. The highest BCUT2D eigenvalue weighted by Gasteiger charge is 2.53. The van der Waals surface area contributed by atoms with Gasteiger partial charge in [0.15, 0.2) is 11.6 Å². The lowest BCUT2D eigenvalue weighted by molar-refractivity contribution is -0.155. The van der Waals surface area contributed by atoms with Gasteiger partial charge in [-0.1, -0.05) is 30.3 Å². The number of rotatable bonds is 16. The topological polar surface area (TPSA) is 125 Å². The molecule has 0 bridgehead atoms. The molecule has 0 saturated heterocycles. The van der Waals surface area contributed by atoms with Crippen LogP contribution in [0.25, 0.3) is 0 Å². The second kappa shape index (κ2) is 16.3. The first-order valence-corrected chi connectivity index (χ1v) is 16.0. The lowest BCUT2D eigenvalue weighted by Gasteiger charge is -2.31. The summed E-state index contributed by atoms with van der Waals surface area (Å²) in [7, 11) is 1.57. The summed E-state index contributed by atoms with van der Waals surface area (Å²) in [6.07, 6.45) is 0.161. The highest BCUT2D eigenvalue weighted by molar-refractivity contribution is 6.01. The third-order valence-electron chi connectivity index (χ3n) is 7.51. The summed E-state index contributed by atoms with van der Waals surface area (Å²) in [6.45, 7) is 8.61. The molecule has 1 aliphatic rings. The van der Waals surface area contributed by atoms with Crippen LogP contribution in [0.4, 0.5) is 0 Å². The van der Waals surface area contributed by atoms with Gasteiger partial charge in [-0.2, -0.15) is 0 Å². The van der Waals surface area contributed by atoms with E-state index in [9.17, 15) is 9.59 Å². The van der Waals surface area contributed by atoms with Crippen molar-refractivity contribution in [2.24, 2.45) is 4.99 Å². The van der Waals surface area contributed by atoms with Crippen molar-refractivity contribution >= 4 is 17.8 Å². The van der Waals surface area contributed by atoms with Gasteiger partial charge in [-0.15, -0.1) is 0 Å². The summed E-state index contributed by atoms with van der Waals surface area (Å²) in [5.41, 5.74) is 0.0933. The Morgan fingerprint density at radius 1 is 1.00 bits per heavy atom. The number of carbonyl (C=O) groups excluding carboxylic acids is 2. The molecule has 10 nitrogen and oxygen atoms in total. The zero-order valence-corrected chi connectivity index (χ0v) is 27.9. The second-order valence-corrected chi connectivity index (χ2v) is 12.2. The number of benzene rings is 3. The lowest BCUT2D eigenvalue weighted by atomic mass is 9.83. The van der Waals surface area contributed by atoms with Crippen LogP contribution in [0, 0.1) is 0 Å². The molecule has 252 valence electrons. The maximum atomic E-state index is 14.4. The third kappa shape index (κ3) is 9.48. The summed E-state index contributed by atoms with van der Waals surface area (Å²) in [4.78, 5) is 32.4. The van der Waals surface area contributed by atoms with E-state index in [1.807, 2.05) is 67.6 Å². The number of methoxy groups -OCH3 is 1.